The summed E-state index contributed by atoms with van der Waals surface area (Å²) >= 11 is 0. The van der Waals surface area contributed by atoms with Gasteiger partial charge in [0.15, 0.2) is 0 Å². The average molecular weight is 211 g/mol. The molecule has 0 N–H and O–H groups in total. The number of esters is 1. The third kappa shape index (κ3) is 10.8. The Balaban J connectivity index is -0.0000000817. The van der Waals surface area contributed by atoms with Crippen molar-refractivity contribution in [3.63, 3.8) is 0 Å². The molecule has 0 aromatic carbocycles. The van der Waals surface area contributed by atoms with Crippen molar-refractivity contribution in [2.75, 3.05) is 7.11 Å². The first-order chi connectivity index (χ1) is 3.48. The molecule has 2 nitrogen and oxygen atoms in total. The zero-order chi connectivity index (χ0) is 6.78. The summed E-state index contributed by atoms with van der Waals surface area (Å²) in [6.07, 6.45) is 0. The van der Waals surface area contributed by atoms with Gasteiger partial charge in [-0.3, -0.25) is 4.79 Å². The van der Waals surface area contributed by atoms with Crippen LogP contribution in [-0.2, 0) is 9.53 Å². The Bertz CT molecular complexity index is 101. The summed E-state index contributed by atoms with van der Waals surface area (Å²) in [6.45, 7) is 5.45. The first kappa shape index (κ1) is 22.6. The van der Waals surface area contributed by atoms with Crippen molar-refractivity contribution in [3.8, 4) is 0 Å². The van der Waals surface area contributed by atoms with E-state index in [0.717, 1.165) is 0 Å². The number of hydrogen-bond donors (Lipinski definition) is 0. The summed E-state index contributed by atoms with van der Waals surface area (Å²) in [5, 5.41) is 0. The maximum atomic E-state index is 10.6. The molecule has 0 atom stereocenters. The topological polar surface area (TPSA) is 26.3 Å². The first-order valence-corrected chi connectivity index (χ1v) is 2.57. The Morgan fingerprint density at radius 2 is 1.45 bits per heavy atom. The summed E-state index contributed by atoms with van der Waals surface area (Å²) in [7, 11) is 1.40. The number of hydrogen-bond acceptors (Lipinski definition) is 2. The molecule has 0 amide bonds. The maximum Gasteiger partial charge on any atom is 2.00 e. The van der Waals surface area contributed by atoms with E-state index >= 15 is 0 Å². The normalized spacial score (nSPS) is 8.00. The molecule has 64 valence electrons. The zero-order valence-electron chi connectivity index (χ0n) is 7.28. The van der Waals surface area contributed by atoms with Crippen LogP contribution in [0.5, 0.6) is 0 Å². The SMILES string of the molecule is COC(=O)C(C)(C)C.[Cl-].[Cl-].[Mg+2]. The molecule has 0 aromatic rings. The van der Waals surface area contributed by atoms with Crippen LogP contribution in [0.3, 0.4) is 0 Å². The number of methoxy groups -OCH3 is 1. The molecule has 0 aliphatic carbocycles. The fraction of sp³-hybridized carbons (Fsp3) is 0.833. The third-order valence-electron chi connectivity index (χ3n) is 0.798. The third-order valence-corrected chi connectivity index (χ3v) is 0.798. The van der Waals surface area contributed by atoms with Crippen LogP contribution in [-0.4, -0.2) is 36.1 Å². The predicted octanol–water partition coefficient (Wildman–Crippen LogP) is -5.17. The monoisotopic (exact) mass is 210 g/mol. The largest absolute Gasteiger partial charge is 2.00 e. The molecule has 0 radical (unpaired) electrons. The molecule has 0 rings (SSSR count). The van der Waals surface area contributed by atoms with Crippen molar-refractivity contribution in [2.45, 2.75) is 20.8 Å². The molecular weight excluding hydrogens is 199 g/mol. The van der Waals surface area contributed by atoms with Gasteiger partial charge >= 0.3 is 29.0 Å². The van der Waals surface area contributed by atoms with Gasteiger partial charge in [0.2, 0.25) is 0 Å². The summed E-state index contributed by atoms with van der Waals surface area (Å²) in [6, 6.07) is 0. The minimum Gasteiger partial charge on any atom is -1.00 e. The summed E-state index contributed by atoms with van der Waals surface area (Å²) in [5.74, 6) is -0.169. The van der Waals surface area contributed by atoms with Crippen molar-refractivity contribution in [1.29, 1.82) is 0 Å². The quantitative estimate of drug-likeness (QED) is 0.296. The van der Waals surface area contributed by atoms with Crippen LogP contribution in [0.15, 0.2) is 0 Å². The van der Waals surface area contributed by atoms with Crippen LogP contribution in [0.4, 0.5) is 0 Å². The Labute approximate surface area is 96.4 Å². The fourth-order valence-electron chi connectivity index (χ4n) is 0.306. The van der Waals surface area contributed by atoms with Crippen molar-refractivity contribution < 1.29 is 34.3 Å². The van der Waals surface area contributed by atoms with E-state index in [2.05, 4.69) is 4.74 Å². The molecule has 0 bridgehead atoms. The van der Waals surface area contributed by atoms with Gasteiger partial charge in [0.25, 0.3) is 0 Å². The molecular formula is C6H12Cl2MgO2. The predicted molar refractivity (Wildman–Crippen MR) is 37.2 cm³/mol. The Kier molecular flexibility index (Phi) is 18.3. The molecule has 5 heteroatoms. The van der Waals surface area contributed by atoms with Crippen molar-refractivity contribution in [3.05, 3.63) is 0 Å². The molecule has 0 fully saturated rings. The van der Waals surface area contributed by atoms with E-state index < -0.39 is 0 Å². The molecule has 0 heterocycles. The van der Waals surface area contributed by atoms with Crippen molar-refractivity contribution in [2.24, 2.45) is 5.41 Å². The van der Waals surface area contributed by atoms with E-state index in [1.807, 2.05) is 20.8 Å². The minimum atomic E-state index is -0.352. The molecule has 0 aliphatic heterocycles. The van der Waals surface area contributed by atoms with Gasteiger partial charge in [-0.05, 0) is 20.8 Å². The van der Waals surface area contributed by atoms with Gasteiger partial charge in [0, 0.05) is 0 Å². The van der Waals surface area contributed by atoms with Gasteiger partial charge in [0.1, 0.15) is 0 Å². The Morgan fingerprint density at radius 1 is 1.18 bits per heavy atom. The first-order valence-electron chi connectivity index (χ1n) is 2.57. The number of rotatable bonds is 0. The summed E-state index contributed by atoms with van der Waals surface area (Å²) in [4.78, 5) is 10.6. The van der Waals surface area contributed by atoms with E-state index in [4.69, 9.17) is 0 Å². The smallest absolute Gasteiger partial charge is 1.00 e. The van der Waals surface area contributed by atoms with Crippen LogP contribution in [0.2, 0.25) is 0 Å². The second-order valence-corrected chi connectivity index (χ2v) is 2.74. The molecule has 0 saturated carbocycles. The standard InChI is InChI=1S/C6H12O2.2ClH.Mg/c1-6(2,3)5(7)8-4;;;/h1-4H3;2*1H;/q;;;+2/p-2. The van der Waals surface area contributed by atoms with Gasteiger partial charge in [-0.15, -0.1) is 0 Å². The number of carbonyl (C=O) groups is 1. The molecule has 0 spiro atoms. The van der Waals surface area contributed by atoms with Crippen molar-refractivity contribution >= 4 is 29.0 Å². The minimum absolute atomic E-state index is 0. The van der Waals surface area contributed by atoms with E-state index in [-0.39, 0.29) is 59.3 Å². The van der Waals surface area contributed by atoms with Crippen LogP contribution >= 0.6 is 0 Å². The Morgan fingerprint density at radius 3 is 1.45 bits per heavy atom. The van der Waals surface area contributed by atoms with E-state index in [1.165, 1.54) is 7.11 Å². The molecule has 11 heavy (non-hydrogen) atoms. The molecule has 0 unspecified atom stereocenters. The van der Waals surface area contributed by atoms with Crippen LogP contribution in [0.1, 0.15) is 20.8 Å². The van der Waals surface area contributed by atoms with Crippen LogP contribution in [0, 0.1) is 5.41 Å². The molecule has 0 saturated heterocycles. The Hall–Kier alpha value is 0.816. The average Bonchev–Trinajstić information content (AvgIpc) is 1.62. The zero-order valence-corrected chi connectivity index (χ0v) is 10.2. The fourth-order valence-corrected chi connectivity index (χ4v) is 0.306. The van der Waals surface area contributed by atoms with E-state index in [1.54, 1.807) is 0 Å². The van der Waals surface area contributed by atoms with Gasteiger partial charge < -0.3 is 29.6 Å². The second kappa shape index (κ2) is 8.91. The van der Waals surface area contributed by atoms with Crippen LogP contribution in [0.25, 0.3) is 0 Å². The second-order valence-electron chi connectivity index (χ2n) is 2.74. The molecule has 0 aromatic heterocycles. The van der Waals surface area contributed by atoms with Gasteiger partial charge in [-0.25, -0.2) is 0 Å². The van der Waals surface area contributed by atoms with Gasteiger partial charge in [-0.1, -0.05) is 0 Å². The number of halogens is 2. The van der Waals surface area contributed by atoms with Crippen molar-refractivity contribution in [1.82, 2.24) is 0 Å². The maximum absolute atomic E-state index is 10.6. The summed E-state index contributed by atoms with van der Waals surface area (Å²) < 4.78 is 4.48. The number of carbonyl (C=O) groups excluding carboxylic acids is 1. The van der Waals surface area contributed by atoms with E-state index in [9.17, 15) is 4.79 Å². The molecule has 0 aliphatic rings. The van der Waals surface area contributed by atoms with Gasteiger partial charge in [-0.2, -0.15) is 0 Å². The van der Waals surface area contributed by atoms with Crippen LogP contribution < -0.4 is 24.8 Å². The number of ether oxygens (including phenoxy) is 1. The van der Waals surface area contributed by atoms with Gasteiger partial charge in [0.05, 0.1) is 12.5 Å². The summed E-state index contributed by atoms with van der Waals surface area (Å²) in [5.41, 5.74) is -0.352. The van der Waals surface area contributed by atoms with E-state index in [0.29, 0.717) is 0 Å².